The Balaban J connectivity index is 1.34. The molecule has 248 valence electrons. The van der Waals surface area contributed by atoms with Gasteiger partial charge in [-0.25, -0.2) is 14.2 Å². The van der Waals surface area contributed by atoms with Crippen LogP contribution < -0.4 is 19.7 Å². The number of aromatic nitrogens is 2. The van der Waals surface area contributed by atoms with Crippen LogP contribution in [0.5, 0.6) is 11.6 Å². The average molecular weight is 661 g/mol. The fraction of sp³-hybridized carbons (Fsp3) is 0.361. The van der Waals surface area contributed by atoms with Gasteiger partial charge in [0, 0.05) is 68.2 Å². The summed E-state index contributed by atoms with van der Waals surface area (Å²) in [6.45, 7) is 13.5. The number of carbonyl (C=O) groups is 1. The summed E-state index contributed by atoms with van der Waals surface area (Å²) in [5.74, 6) is -0.138. The van der Waals surface area contributed by atoms with Crippen molar-refractivity contribution in [1.29, 1.82) is 0 Å². The number of piperazine rings is 1. The number of hydrogen-bond acceptors (Lipinski definition) is 8. The van der Waals surface area contributed by atoms with E-state index < -0.39 is 11.9 Å². The molecule has 1 aliphatic heterocycles. The van der Waals surface area contributed by atoms with E-state index in [-0.39, 0.29) is 17.6 Å². The number of amides is 1. The molecule has 9 nitrogen and oxygen atoms in total. The molecule has 0 aliphatic carbocycles. The van der Waals surface area contributed by atoms with E-state index in [4.69, 9.17) is 26.1 Å². The van der Waals surface area contributed by atoms with Crippen LogP contribution in [0, 0.1) is 33.5 Å². The molecule has 0 spiro atoms. The molecule has 1 fully saturated rings. The Morgan fingerprint density at radius 3 is 2.45 bits per heavy atom. The first-order valence-electron chi connectivity index (χ1n) is 15.8. The molecule has 11 heteroatoms. The smallest absolute Gasteiger partial charge is 0.420 e. The molecule has 0 bridgehead atoms. The summed E-state index contributed by atoms with van der Waals surface area (Å²) < 4.78 is 26.6. The fourth-order valence-electron chi connectivity index (χ4n) is 5.47. The van der Waals surface area contributed by atoms with Gasteiger partial charge in [0.05, 0.1) is 18.0 Å². The van der Waals surface area contributed by atoms with Crippen molar-refractivity contribution in [2.75, 3.05) is 63.6 Å². The number of hydrogen-bond donors (Lipinski definition) is 1. The zero-order valence-corrected chi connectivity index (χ0v) is 28.6. The van der Waals surface area contributed by atoms with Gasteiger partial charge < -0.3 is 24.6 Å². The Morgan fingerprint density at radius 1 is 0.957 bits per heavy atom. The lowest BCUT2D eigenvalue weighted by atomic mass is 9.97. The van der Waals surface area contributed by atoms with E-state index in [9.17, 15) is 4.79 Å². The highest BCUT2D eigenvalue weighted by Gasteiger charge is 2.20. The van der Waals surface area contributed by atoms with Gasteiger partial charge >= 0.3 is 6.09 Å². The lowest BCUT2D eigenvalue weighted by Crippen LogP contribution is -2.44. The maximum atomic E-state index is 15.1. The lowest BCUT2D eigenvalue weighted by molar-refractivity contribution is 0.145. The number of ether oxygens (including phenoxy) is 2. The zero-order chi connectivity index (χ0) is 33.7. The van der Waals surface area contributed by atoms with Crippen LogP contribution >= 0.6 is 11.6 Å². The summed E-state index contributed by atoms with van der Waals surface area (Å²) in [5.41, 5.74) is 6.62. The Bertz CT molecular complexity index is 1740. The molecular weight excluding hydrogens is 619 g/mol. The fourth-order valence-corrected chi connectivity index (χ4v) is 5.64. The SMILES string of the molecule is Cc1ccc(Cl)cc1N(C)C(=O)Oc1cc(-c2ccc(C)c(C)c2C)nc(Nc2ccc(OCCCN3CCN(C)CC3)c(F)c2)n1. The molecule has 0 atom stereocenters. The number of nitrogens with one attached hydrogen (secondary N) is 1. The van der Waals surface area contributed by atoms with Crippen LogP contribution in [0.1, 0.15) is 28.7 Å². The topological polar surface area (TPSA) is 83.1 Å². The van der Waals surface area contributed by atoms with Gasteiger partial charge in [0.1, 0.15) is 0 Å². The number of aryl methyl sites for hydroxylation is 2. The summed E-state index contributed by atoms with van der Waals surface area (Å²) in [7, 11) is 3.74. The average Bonchev–Trinajstić information content (AvgIpc) is 3.04. The standard InChI is InChI=1S/C36H42ClFN6O3/c1-23-9-12-29(26(4)25(23)3)31-22-34(47-36(45)43(6)32-20-27(37)10-8-24(32)2)41-35(40-31)39-28-11-13-33(30(38)21-28)46-19-7-14-44-17-15-42(5)16-18-44/h8-13,20-22H,7,14-19H2,1-6H3,(H,39,40,41). The Kier molecular flexibility index (Phi) is 11.0. The van der Waals surface area contributed by atoms with Gasteiger partial charge in [0.15, 0.2) is 11.6 Å². The van der Waals surface area contributed by atoms with Gasteiger partial charge in [-0.15, -0.1) is 0 Å². The summed E-state index contributed by atoms with van der Waals surface area (Å²) in [4.78, 5) is 28.5. The number of carbonyl (C=O) groups excluding carboxylic acids is 1. The van der Waals surface area contributed by atoms with Crippen LogP contribution in [0.2, 0.25) is 5.02 Å². The molecule has 5 rings (SSSR count). The molecule has 3 aromatic carbocycles. The van der Waals surface area contributed by atoms with E-state index in [0.29, 0.717) is 28.7 Å². The number of halogens is 2. The quantitative estimate of drug-likeness (QED) is 0.175. The maximum absolute atomic E-state index is 15.1. The van der Waals surface area contributed by atoms with Crippen molar-refractivity contribution in [3.8, 4) is 22.9 Å². The highest BCUT2D eigenvalue weighted by Crippen LogP contribution is 2.31. The van der Waals surface area contributed by atoms with Gasteiger partial charge in [0.25, 0.3) is 0 Å². The van der Waals surface area contributed by atoms with Crippen LogP contribution in [0.3, 0.4) is 0 Å². The second kappa shape index (κ2) is 15.1. The molecule has 0 saturated carbocycles. The largest absolute Gasteiger partial charge is 0.490 e. The van der Waals surface area contributed by atoms with Crippen molar-refractivity contribution < 1.29 is 18.7 Å². The van der Waals surface area contributed by atoms with Crippen molar-refractivity contribution >= 4 is 35.0 Å². The molecule has 0 unspecified atom stereocenters. The van der Waals surface area contributed by atoms with Crippen molar-refractivity contribution in [1.82, 2.24) is 19.8 Å². The molecule has 47 heavy (non-hydrogen) atoms. The monoisotopic (exact) mass is 660 g/mol. The van der Waals surface area contributed by atoms with E-state index in [0.717, 1.165) is 67.0 Å². The van der Waals surface area contributed by atoms with E-state index >= 15 is 4.39 Å². The van der Waals surface area contributed by atoms with Crippen molar-refractivity contribution in [3.05, 3.63) is 87.7 Å². The molecule has 1 N–H and O–H groups in total. The second-order valence-electron chi connectivity index (χ2n) is 12.1. The van der Waals surface area contributed by atoms with E-state index in [1.165, 1.54) is 11.0 Å². The molecule has 1 aromatic heterocycles. The van der Waals surface area contributed by atoms with Crippen LogP contribution in [0.25, 0.3) is 11.3 Å². The van der Waals surface area contributed by atoms with Gasteiger partial charge in [-0.2, -0.15) is 4.98 Å². The van der Waals surface area contributed by atoms with Crippen LogP contribution in [-0.2, 0) is 0 Å². The lowest BCUT2D eigenvalue weighted by Gasteiger charge is -2.32. The van der Waals surface area contributed by atoms with Crippen molar-refractivity contribution in [2.24, 2.45) is 0 Å². The van der Waals surface area contributed by atoms with Crippen molar-refractivity contribution in [3.63, 3.8) is 0 Å². The third kappa shape index (κ3) is 8.57. The third-order valence-electron chi connectivity index (χ3n) is 8.70. The van der Waals surface area contributed by atoms with E-state index in [2.05, 4.69) is 41.0 Å². The molecule has 2 heterocycles. The first kappa shape index (κ1) is 34.1. The summed E-state index contributed by atoms with van der Waals surface area (Å²) in [6, 6.07) is 15.6. The number of likely N-dealkylation sites (N-methyl/N-ethyl adjacent to an activating group) is 1. The third-order valence-corrected chi connectivity index (χ3v) is 8.93. The number of anilines is 3. The maximum Gasteiger partial charge on any atom is 0.420 e. The molecule has 1 saturated heterocycles. The van der Waals surface area contributed by atoms with Gasteiger partial charge in [-0.05, 0) is 87.7 Å². The number of benzene rings is 3. The summed E-state index contributed by atoms with van der Waals surface area (Å²) in [6.07, 6.45) is 0.165. The molecule has 0 radical (unpaired) electrons. The van der Waals surface area contributed by atoms with Gasteiger partial charge in [-0.1, -0.05) is 29.8 Å². The minimum absolute atomic E-state index is 0.0347. The highest BCUT2D eigenvalue weighted by molar-refractivity contribution is 6.31. The second-order valence-corrected chi connectivity index (χ2v) is 12.5. The van der Waals surface area contributed by atoms with Crippen LogP contribution in [-0.4, -0.2) is 79.3 Å². The number of nitrogens with zero attached hydrogens (tertiary/aromatic N) is 5. The van der Waals surface area contributed by atoms with Gasteiger partial charge in [0.2, 0.25) is 11.8 Å². The molecular formula is C36H42ClFN6O3. The Labute approximate surface area is 281 Å². The molecule has 4 aromatic rings. The minimum atomic E-state index is -0.650. The zero-order valence-electron chi connectivity index (χ0n) is 27.9. The van der Waals surface area contributed by atoms with Crippen molar-refractivity contribution in [2.45, 2.75) is 34.1 Å². The summed E-state index contributed by atoms with van der Waals surface area (Å²) >= 11 is 6.19. The predicted octanol–water partition coefficient (Wildman–Crippen LogP) is 7.56. The molecule has 1 amide bonds. The van der Waals surface area contributed by atoms with E-state index in [1.807, 2.05) is 32.0 Å². The normalized spacial score (nSPS) is 13.8. The summed E-state index contributed by atoms with van der Waals surface area (Å²) in [5, 5.41) is 3.58. The van der Waals surface area contributed by atoms with Crippen LogP contribution in [0.4, 0.5) is 26.5 Å². The predicted molar refractivity (Wildman–Crippen MR) is 186 cm³/mol. The highest BCUT2D eigenvalue weighted by atomic mass is 35.5. The van der Waals surface area contributed by atoms with E-state index in [1.54, 1.807) is 37.4 Å². The molecule has 1 aliphatic rings. The first-order chi connectivity index (χ1) is 22.5. The Hall–Kier alpha value is -4.25. The minimum Gasteiger partial charge on any atom is -0.490 e. The van der Waals surface area contributed by atoms with Gasteiger partial charge in [-0.3, -0.25) is 4.90 Å². The number of rotatable bonds is 10. The first-order valence-corrected chi connectivity index (χ1v) is 16.1. The Morgan fingerprint density at radius 2 is 1.70 bits per heavy atom. The van der Waals surface area contributed by atoms with Crippen LogP contribution in [0.15, 0.2) is 54.6 Å².